The number of carbonyl (C=O) groups is 3. The number of Topliss-reactive ketones (excluding diaryl/α,β-unsaturated/α-hetero) is 2. The summed E-state index contributed by atoms with van der Waals surface area (Å²) in [5.74, 6) is -3.39. The molecule has 3 N–H and O–H groups in total. The van der Waals surface area contributed by atoms with Crippen molar-refractivity contribution in [1.82, 2.24) is 0 Å². The van der Waals surface area contributed by atoms with E-state index in [2.05, 4.69) is 0 Å². The zero-order valence-electron chi connectivity index (χ0n) is 8.53. The van der Waals surface area contributed by atoms with E-state index in [1.807, 2.05) is 0 Å². The molecule has 0 aromatic rings. The molecule has 0 heterocycles. The van der Waals surface area contributed by atoms with E-state index in [0.29, 0.717) is 0 Å². The standard InChI is InChI=1S/C9H15NO4/c1-5(2)4-9(10,8(13)14)7(12)6(3)11/h5H,4,10H2,1-3H3,(H,13,14). The van der Waals surface area contributed by atoms with Crippen LogP contribution in [-0.2, 0) is 14.4 Å². The molecular formula is C9H15NO4. The first-order valence-corrected chi connectivity index (χ1v) is 4.29. The van der Waals surface area contributed by atoms with Crippen LogP contribution in [0.4, 0.5) is 0 Å². The van der Waals surface area contributed by atoms with Crippen molar-refractivity contribution < 1.29 is 19.5 Å². The molecule has 0 saturated carbocycles. The number of carboxylic acid groups (broad SMARTS) is 1. The Morgan fingerprint density at radius 2 is 1.79 bits per heavy atom. The monoisotopic (exact) mass is 201 g/mol. The van der Waals surface area contributed by atoms with Crippen LogP contribution in [0.1, 0.15) is 27.2 Å². The second-order valence-corrected chi connectivity index (χ2v) is 3.76. The third-order valence-electron chi connectivity index (χ3n) is 1.84. The van der Waals surface area contributed by atoms with Crippen LogP contribution in [0.5, 0.6) is 0 Å². The lowest BCUT2D eigenvalue weighted by Gasteiger charge is -2.23. The Morgan fingerprint density at radius 3 is 2.00 bits per heavy atom. The van der Waals surface area contributed by atoms with Crippen molar-refractivity contribution in [3.05, 3.63) is 0 Å². The van der Waals surface area contributed by atoms with Crippen LogP contribution in [0.15, 0.2) is 0 Å². The molecule has 0 radical (unpaired) electrons. The molecular weight excluding hydrogens is 186 g/mol. The van der Waals surface area contributed by atoms with Gasteiger partial charge in [-0.05, 0) is 12.3 Å². The van der Waals surface area contributed by atoms with E-state index in [1.54, 1.807) is 13.8 Å². The molecule has 5 nitrogen and oxygen atoms in total. The lowest BCUT2D eigenvalue weighted by atomic mass is 9.84. The van der Waals surface area contributed by atoms with Crippen LogP contribution >= 0.6 is 0 Å². The summed E-state index contributed by atoms with van der Waals surface area (Å²) in [6.07, 6.45) is -0.0409. The minimum absolute atomic E-state index is 0.0409. The summed E-state index contributed by atoms with van der Waals surface area (Å²) in [4.78, 5) is 32.9. The highest BCUT2D eigenvalue weighted by atomic mass is 16.4. The smallest absolute Gasteiger partial charge is 0.331 e. The van der Waals surface area contributed by atoms with E-state index in [4.69, 9.17) is 10.8 Å². The molecule has 0 amide bonds. The van der Waals surface area contributed by atoms with Crippen molar-refractivity contribution in [3.63, 3.8) is 0 Å². The Bertz CT molecular complexity index is 272. The van der Waals surface area contributed by atoms with Gasteiger partial charge >= 0.3 is 5.97 Å². The van der Waals surface area contributed by atoms with E-state index in [-0.39, 0.29) is 12.3 Å². The molecule has 0 spiro atoms. The molecule has 0 aliphatic heterocycles. The van der Waals surface area contributed by atoms with Gasteiger partial charge < -0.3 is 10.8 Å². The molecule has 1 unspecified atom stereocenters. The number of nitrogens with two attached hydrogens (primary N) is 1. The van der Waals surface area contributed by atoms with Gasteiger partial charge in [0.05, 0.1) is 0 Å². The lowest BCUT2D eigenvalue weighted by molar-refractivity contribution is -0.152. The molecule has 0 saturated heterocycles. The molecule has 0 rings (SSSR count). The van der Waals surface area contributed by atoms with Crippen molar-refractivity contribution in [1.29, 1.82) is 0 Å². The summed E-state index contributed by atoms with van der Waals surface area (Å²) >= 11 is 0. The molecule has 0 aliphatic rings. The van der Waals surface area contributed by atoms with Crippen molar-refractivity contribution in [2.75, 3.05) is 0 Å². The predicted octanol–water partition coefficient (Wildman–Crippen LogP) is -0.0273. The Hall–Kier alpha value is -1.23. The summed E-state index contributed by atoms with van der Waals surface area (Å²) in [6.45, 7) is 4.49. The SMILES string of the molecule is CC(=O)C(=O)C(N)(CC(C)C)C(=O)O. The molecule has 0 bridgehead atoms. The average molecular weight is 201 g/mol. The van der Waals surface area contributed by atoms with Gasteiger partial charge in [0, 0.05) is 6.92 Å². The quantitative estimate of drug-likeness (QED) is 0.481. The number of carbonyl (C=O) groups excluding carboxylic acids is 2. The van der Waals surface area contributed by atoms with Gasteiger partial charge in [-0.1, -0.05) is 13.8 Å². The third-order valence-corrected chi connectivity index (χ3v) is 1.84. The normalized spacial score (nSPS) is 14.9. The van der Waals surface area contributed by atoms with Gasteiger partial charge in [-0.25, -0.2) is 4.79 Å². The summed E-state index contributed by atoms with van der Waals surface area (Å²) in [7, 11) is 0. The summed E-state index contributed by atoms with van der Waals surface area (Å²) in [6, 6.07) is 0. The molecule has 0 aliphatic carbocycles. The first-order chi connectivity index (χ1) is 6.21. The van der Waals surface area contributed by atoms with Crippen molar-refractivity contribution in [2.24, 2.45) is 11.7 Å². The molecule has 1 atom stereocenters. The average Bonchev–Trinajstić information content (AvgIpc) is 2.00. The second kappa shape index (κ2) is 4.32. The van der Waals surface area contributed by atoms with Gasteiger partial charge in [0.15, 0.2) is 11.3 Å². The van der Waals surface area contributed by atoms with Gasteiger partial charge in [-0.3, -0.25) is 9.59 Å². The largest absolute Gasteiger partial charge is 0.480 e. The zero-order chi connectivity index (χ0) is 11.5. The van der Waals surface area contributed by atoms with E-state index in [1.165, 1.54) is 0 Å². The van der Waals surface area contributed by atoms with Crippen LogP contribution < -0.4 is 5.73 Å². The first-order valence-electron chi connectivity index (χ1n) is 4.29. The Kier molecular flexibility index (Phi) is 3.94. The third kappa shape index (κ3) is 2.63. The fourth-order valence-corrected chi connectivity index (χ4v) is 1.24. The minimum atomic E-state index is -2.07. The lowest BCUT2D eigenvalue weighted by Crippen LogP contribution is -2.57. The Labute approximate surface area is 82.3 Å². The van der Waals surface area contributed by atoms with E-state index >= 15 is 0 Å². The number of aliphatic carboxylic acids is 1. The van der Waals surface area contributed by atoms with Gasteiger partial charge in [-0.2, -0.15) is 0 Å². The van der Waals surface area contributed by atoms with Crippen LogP contribution in [0.3, 0.4) is 0 Å². The maximum Gasteiger partial charge on any atom is 0.331 e. The molecule has 0 fully saturated rings. The summed E-state index contributed by atoms with van der Waals surface area (Å²) in [5, 5.41) is 8.80. The second-order valence-electron chi connectivity index (χ2n) is 3.76. The van der Waals surface area contributed by atoms with Crippen molar-refractivity contribution >= 4 is 17.5 Å². The summed E-state index contributed by atoms with van der Waals surface area (Å²) < 4.78 is 0. The van der Waals surface area contributed by atoms with Crippen LogP contribution in [0, 0.1) is 5.92 Å². The highest BCUT2D eigenvalue weighted by Crippen LogP contribution is 2.16. The number of rotatable bonds is 5. The summed E-state index contributed by atoms with van der Waals surface area (Å²) in [5.41, 5.74) is 3.35. The van der Waals surface area contributed by atoms with Gasteiger partial charge in [-0.15, -0.1) is 0 Å². The van der Waals surface area contributed by atoms with Crippen LogP contribution in [0.25, 0.3) is 0 Å². The number of hydrogen-bond donors (Lipinski definition) is 2. The fraction of sp³-hybridized carbons (Fsp3) is 0.667. The van der Waals surface area contributed by atoms with Crippen molar-refractivity contribution in [2.45, 2.75) is 32.7 Å². The number of carboxylic acids is 1. The molecule has 5 heteroatoms. The predicted molar refractivity (Wildman–Crippen MR) is 49.7 cm³/mol. The zero-order valence-corrected chi connectivity index (χ0v) is 8.53. The number of ketones is 2. The maximum atomic E-state index is 11.3. The number of hydrogen-bond acceptors (Lipinski definition) is 4. The van der Waals surface area contributed by atoms with E-state index < -0.39 is 23.1 Å². The topological polar surface area (TPSA) is 97.5 Å². The Balaban J connectivity index is 5.00. The maximum absolute atomic E-state index is 11.3. The molecule has 80 valence electrons. The minimum Gasteiger partial charge on any atom is -0.480 e. The van der Waals surface area contributed by atoms with Crippen LogP contribution in [0.2, 0.25) is 0 Å². The molecule has 14 heavy (non-hydrogen) atoms. The molecule has 0 aromatic heterocycles. The van der Waals surface area contributed by atoms with Gasteiger partial charge in [0.2, 0.25) is 5.78 Å². The highest BCUT2D eigenvalue weighted by molar-refractivity contribution is 6.43. The first kappa shape index (κ1) is 12.8. The molecule has 0 aromatic carbocycles. The van der Waals surface area contributed by atoms with Gasteiger partial charge in [0.1, 0.15) is 0 Å². The van der Waals surface area contributed by atoms with Gasteiger partial charge in [0.25, 0.3) is 0 Å². The van der Waals surface area contributed by atoms with E-state index in [9.17, 15) is 14.4 Å². The van der Waals surface area contributed by atoms with E-state index in [0.717, 1.165) is 6.92 Å². The van der Waals surface area contributed by atoms with Crippen LogP contribution in [-0.4, -0.2) is 28.2 Å². The fourth-order valence-electron chi connectivity index (χ4n) is 1.24. The highest BCUT2D eigenvalue weighted by Gasteiger charge is 2.44. The van der Waals surface area contributed by atoms with Crippen molar-refractivity contribution in [3.8, 4) is 0 Å². The Morgan fingerprint density at radius 1 is 1.36 bits per heavy atom.